The second-order valence-corrected chi connectivity index (χ2v) is 14.4. The third-order valence-corrected chi connectivity index (χ3v) is 9.76. The number of aromatic nitrogens is 4. The SMILES string of the molecule is Cc1ccc2c(N3CCN(C(=O)C(C)(C)O)CC3)nc(-c3ccccc3O)nc2c1.Cc1ccc2c(N3CCNCC3)nc(-c3ccccc3O)nc2c1. The van der Waals surface area contributed by atoms with Crippen molar-refractivity contribution in [3.8, 4) is 34.3 Å². The molecule has 6 aromatic rings. The summed E-state index contributed by atoms with van der Waals surface area (Å²) in [6.45, 7) is 13.0. The maximum absolute atomic E-state index is 12.4. The van der Waals surface area contributed by atoms with Crippen molar-refractivity contribution in [2.45, 2.75) is 33.3 Å². The highest BCUT2D eigenvalue weighted by atomic mass is 16.3. The van der Waals surface area contributed by atoms with E-state index in [2.05, 4.69) is 40.2 Å². The zero-order chi connectivity index (χ0) is 38.0. The molecule has 1 amide bonds. The molecule has 0 bridgehead atoms. The number of aliphatic hydroxyl groups is 1. The number of carbonyl (C=O) groups excluding carboxylic acids is 1. The third-order valence-electron chi connectivity index (χ3n) is 9.76. The van der Waals surface area contributed by atoms with E-state index in [4.69, 9.17) is 19.9 Å². The van der Waals surface area contributed by atoms with Crippen LogP contribution in [0.15, 0.2) is 84.9 Å². The van der Waals surface area contributed by atoms with E-state index in [1.165, 1.54) is 13.8 Å². The van der Waals surface area contributed by atoms with Crippen molar-refractivity contribution >= 4 is 39.3 Å². The van der Waals surface area contributed by atoms with E-state index in [1.807, 2.05) is 43.3 Å². The molecule has 4 heterocycles. The van der Waals surface area contributed by atoms with Gasteiger partial charge in [-0.25, -0.2) is 19.9 Å². The molecule has 8 rings (SSSR count). The molecule has 0 radical (unpaired) electrons. The van der Waals surface area contributed by atoms with Crippen LogP contribution in [0.5, 0.6) is 11.5 Å². The number of hydrogen-bond acceptors (Lipinski definition) is 11. The van der Waals surface area contributed by atoms with Gasteiger partial charge in [0.2, 0.25) is 0 Å². The van der Waals surface area contributed by atoms with Gasteiger partial charge in [-0.05, 0) is 87.4 Å². The molecule has 2 fully saturated rings. The minimum absolute atomic E-state index is 0.135. The molecule has 12 heteroatoms. The first-order chi connectivity index (χ1) is 26.0. The van der Waals surface area contributed by atoms with Crippen molar-refractivity contribution in [3.63, 3.8) is 0 Å². The molecule has 4 N–H and O–H groups in total. The molecule has 0 unspecified atom stereocenters. The number of phenols is 2. The number of phenolic OH excluding ortho intramolecular Hbond substituents is 2. The molecule has 0 spiro atoms. The molecular weight excluding hydrogens is 681 g/mol. The molecule has 2 aromatic heterocycles. The zero-order valence-corrected chi connectivity index (χ0v) is 31.1. The van der Waals surface area contributed by atoms with Gasteiger partial charge < -0.3 is 35.3 Å². The molecule has 278 valence electrons. The summed E-state index contributed by atoms with van der Waals surface area (Å²) >= 11 is 0. The monoisotopic (exact) mass is 726 g/mol. The maximum atomic E-state index is 12.4. The van der Waals surface area contributed by atoms with Crippen LogP contribution < -0.4 is 15.1 Å². The van der Waals surface area contributed by atoms with Crippen molar-refractivity contribution < 1.29 is 20.1 Å². The van der Waals surface area contributed by atoms with E-state index < -0.39 is 5.60 Å². The zero-order valence-electron chi connectivity index (χ0n) is 31.1. The first-order valence-corrected chi connectivity index (χ1v) is 18.3. The van der Waals surface area contributed by atoms with Crippen LogP contribution in [0.2, 0.25) is 0 Å². The highest BCUT2D eigenvalue weighted by molar-refractivity contribution is 5.93. The number of benzene rings is 4. The molecule has 0 saturated carbocycles. The van der Waals surface area contributed by atoms with Crippen molar-refractivity contribution in [1.82, 2.24) is 30.2 Å². The molecule has 0 aliphatic carbocycles. The summed E-state index contributed by atoms with van der Waals surface area (Å²) in [5, 5.41) is 35.9. The standard InChI is InChI=1S/C23H26N4O3.C19H20N4O/c1-15-8-9-16-18(14-15)24-20(17-6-4-5-7-19(17)28)25-21(16)26-10-12-27(13-11-26)22(29)23(2,3)30;1-13-6-7-14-16(12-13)21-18(15-4-2-3-5-17(15)24)22-19(14)23-10-8-20-9-11-23/h4-9,14,28,30H,10-13H2,1-3H3;2-7,12,20,24H,8-11H2,1H3. The third kappa shape index (κ3) is 7.75. The summed E-state index contributed by atoms with van der Waals surface area (Å²) in [4.78, 5) is 37.5. The van der Waals surface area contributed by atoms with Gasteiger partial charge in [0.05, 0.1) is 22.2 Å². The van der Waals surface area contributed by atoms with Gasteiger partial charge in [0, 0.05) is 63.1 Å². The number of para-hydroxylation sites is 2. The highest BCUT2D eigenvalue weighted by Crippen LogP contribution is 2.34. The van der Waals surface area contributed by atoms with Crippen LogP contribution in [-0.2, 0) is 4.79 Å². The Morgan fingerprint density at radius 1 is 0.630 bits per heavy atom. The number of anilines is 2. The van der Waals surface area contributed by atoms with Gasteiger partial charge in [-0.15, -0.1) is 0 Å². The van der Waals surface area contributed by atoms with Crippen LogP contribution in [0.25, 0.3) is 44.6 Å². The van der Waals surface area contributed by atoms with Crippen LogP contribution in [0.3, 0.4) is 0 Å². The highest BCUT2D eigenvalue weighted by Gasteiger charge is 2.32. The van der Waals surface area contributed by atoms with Gasteiger partial charge in [-0.3, -0.25) is 4.79 Å². The van der Waals surface area contributed by atoms with Crippen LogP contribution in [0, 0.1) is 13.8 Å². The summed E-state index contributed by atoms with van der Waals surface area (Å²) in [6.07, 6.45) is 0. The quantitative estimate of drug-likeness (QED) is 0.180. The summed E-state index contributed by atoms with van der Waals surface area (Å²) in [6, 6.07) is 26.6. The van der Waals surface area contributed by atoms with Gasteiger partial charge in [-0.2, -0.15) is 0 Å². The largest absolute Gasteiger partial charge is 0.507 e. The van der Waals surface area contributed by atoms with Gasteiger partial charge >= 0.3 is 0 Å². The van der Waals surface area contributed by atoms with Crippen LogP contribution in [0.1, 0.15) is 25.0 Å². The first-order valence-electron chi connectivity index (χ1n) is 18.3. The average Bonchev–Trinajstić information content (AvgIpc) is 3.17. The number of aromatic hydroxyl groups is 2. The number of hydrogen-bond donors (Lipinski definition) is 4. The Morgan fingerprint density at radius 2 is 1.07 bits per heavy atom. The van der Waals surface area contributed by atoms with Crippen LogP contribution in [-0.4, -0.2) is 104 Å². The number of rotatable bonds is 5. The Bertz CT molecular complexity index is 2310. The summed E-state index contributed by atoms with van der Waals surface area (Å²) in [7, 11) is 0. The molecule has 2 aliphatic rings. The van der Waals surface area contributed by atoms with Gasteiger partial charge in [-0.1, -0.05) is 36.4 Å². The average molecular weight is 727 g/mol. The van der Waals surface area contributed by atoms with E-state index in [0.717, 1.165) is 70.7 Å². The van der Waals surface area contributed by atoms with Crippen LogP contribution in [0.4, 0.5) is 11.6 Å². The Hall–Kier alpha value is -5.85. The lowest BCUT2D eigenvalue weighted by atomic mass is 10.1. The van der Waals surface area contributed by atoms with Crippen molar-refractivity contribution in [1.29, 1.82) is 0 Å². The Morgan fingerprint density at radius 3 is 1.52 bits per heavy atom. The van der Waals surface area contributed by atoms with Crippen molar-refractivity contribution in [2.24, 2.45) is 0 Å². The number of carbonyl (C=O) groups is 1. The predicted molar refractivity (Wildman–Crippen MR) is 213 cm³/mol. The lowest BCUT2D eigenvalue weighted by Gasteiger charge is -2.38. The van der Waals surface area contributed by atoms with Gasteiger partial charge in [0.1, 0.15) is 28.7 Å². The molecule has 0 atom stereocenters. The van der Waals surface area contributed by atoms with E-state index in [0.29, 0.717) is 49.0 Å². The van der Waals surface area contributed by atoms with Crippen LogP contribution >= 0.6 is 0 Å². The maximum Gasteiger partial charge on any atom is 0.254 e. The number of nitrogens with zero attached hydrogens (tertiary/aromatic N) is 7. The lowest BCUT2D eigenvalue weighted by Crippen LogP contribution is -2.54. The molecule has 2 aliphatic heterocycles. The topological polar surface area (TPSA) is 151 Å². The smallest absolute Gasteiger partial charge is 0.254 e. The summed E-state index contributed by atoms with van der Waals surface area (Å²) in [5.41, 5.74) is 3.85. The van der Waals surface area contributed by atoms with E-state index >= 15 is 0 Å². The number of fused-ring (bicyclic) bond motifs is 2. The second kappa shape index (κ2) is 15.2. The van der Waals surface area contributed by atoms with Crippen molar-refractivity contribution in [2.75, 3.05) is 62.2 Å². The molecule has 54 heavy (non-hydrogen) atoms. The molecule has 4 aromatic carbocycles. The Kier molecular flexibility index (Phi) is 10.3. The minimum Gasteiger partial charge on any atom is -0.507 e. The Labute approximate surface area is 314 Å². The second-order valence-electron chi connectivity index (χ2n) is 14.4. The van der Waals surface area contributed by atoms with Gasteiger partial charge in [0.25, 0.3) is 5.91 Å². The summed E-state index contributed by atoms with van der Waals surface area (Å²) in [5.74, 6) is 2.84. The number of amides is 1. The fourth-order valence-electron chi connectivity index (χ4n) is 6.88. The minimum atomic E-state index is -1.38. The molecule has 2 saturated heterocycles. The Balaban J connectivity index is 0.000000171. The van der Waals surface area contributed by atoms with E-state index in [1.54, 1.807) is 35.2 Å². The number of aryl methyl sites for hydroxylation is 2. The first kappa shape index (κ1) is 36.5. The van der Waals surface area contributed by atoms with Gasteiger partial charge in [0.15, 0.2) is 11.6 Å². The predicted octanol–water partition coefficient (Wildman–Crippen LogP) is 5.45. The number of piperazine rings is 2. The molecular formula is C42H46N8O4. The van der Waals surface area contributed by atoms with E-state index in [9.17, 15) is 20.1 Å². The molecule has 12 nitrogen and oxygen atoms in total. The summed E-state index contributed by atoms with van der Waals surface area (Å²) < 4.78 is 0. The normalized spacial score (nSPS) is 14.9. The fourth-order valence-corrected chi connectivity index (χ4v) is 6.88. The lowest BCUT2D eigenvalue weighted by molar-refractivity contribution is -0.148. The van der Waals surface area contributed by atoms with E-state index in [-0.39, 0.29) is 17.4 Å². The van der Waals surface area contributed by atoms with Crippen molar-refractivity contribution in [3.05, 3.63) is 96.1 Å². The number of nitrogens with one attached hydrogen (secondary N) is 1. The fraction of sp³-hybridized carbons (Fsp3) is 0.310.